The number of carbonyl (C=O) groups is 1. The predicted molar refractivity (Wildman–Crippen MR) is 67.9 cm³/mol. The van der Waals surface area contributed by atoms with Crippen molar-refractivity contribution in [3.63, 3.8) is 0 Å². The first-order chi connectivity index (χ1) is 8.77. The van der Waals surface area contributed by atoms with Gasteiger partial charge in [-0.3, -0.25) is 4.79 Å². The highest BCUT2D eigenvalue weighted by atomic mass is 35.5. The first kappa shape index (κ1) is 9.85. The number of aromatic nitrogens is 1. The van der Waals surface area contributed by atoms with Gasteiger partial charge in [0, 0.05) is 11.1 Å². The molecule has 0 spiro atoms. The van der Waals surface area contributed by atoms with Crippen LogP contribution in [0.15, 0.2) is 40.9 Å². The van der Waals surface area contributed by atoms with Crippen molar-refractivity contribution in [2.45, 2.75) is 0 Å². The second-order valence-electron chi connectivity index (χ2n) is 4.20. The third-order valence-corrected chi connectivity index (χ3v) is 3.55. The number of benzene rings is 2. The van der Waals surface area contributed by atoms with Gasteiger partial charge < -0.3 is 4.52 Å². The number of halogens is 1. The highest BCUT2D eigenvalue weighted by Gasteiger charge is 2.29. The van der Waals surface area contributed by atoms with Crippen molar-refractivity contribution in [2.24, 2.45) is 0 Å². The zero-order chi connectivity index (χ0) is 12.3. The van der Waals surface area contributed by atoms with Crippen LogP contribution < -0.4 is 0 Å². The van der Waals surface area contributed by atoms with Crippen LogP contribution in [-0.2, 0) is 0 Å². The highest BCUT2D eigenvalue weighted by Crippen LogP contribution is 2.40. The Morgan fingerprint density at radius 2 is 1.83 bits per heavy atom. The zero-order valence-electron chi connectivity index (χ0n) is 9.11. The standard InChI is InChI=1S/C14H6ClNO2/c15-9-5-1-3-7-11(9)14(17)8-4-2-6-10-12(8)13(7)16-18-10/h1-6H. The van der Waals surface area contributed by atoms with E-state index in [1.807, 2.05) is 12.1 Å². The Kier molecular flexibility index (Phi) is 1.76. The molecule has 4 rings (SSSR count). The van der Waals surface area contributed by atoms with Crippen LogP contribution in [0.1, 0.15) is 15.9 Å². The molecule has 1 aliphatic carbocycles. The maximum absolute atomic E-state index is 12.5. The van der Waals surface area contributed by atoms with Gasteiger partial charge >= 0.3 is 0 Å². The quantitative estimate of drug-likeness (QED) is 0.481. The summed E-state index contributed by atoms with van der Waals surface area (Å²) in [6, 6.07) is 10.7. The van der Waals surface area contributed by atoms with E-state index in [1.165, 1.54) is 0 Å². The lowest BCUT2D eigenvalue weighted by Gasteiger charge is -2.14. The highest BCUT2D eigenvalue weighted by molar-refractivity contribution is 6.38. The number of carbonyl (C=O) groups excluding carboxylic acids is 1. The first-order valence-corrected chi connectivity index (χ1v) is 5.87. The van der Waals surface area contributed by atoms with Gasteiger partial charge in [-0.2, -0.15) is 0 Å². The van der Waals surface area contributed by atoms with Crippen LogP contribution in [-0.4, -0.2) is 10.9 Å². The lowest BCUT2D eigenvalue weighted by Crippen LogP contribution is -2.09. The summed E-state index contributed by atoms with van der Waals surface area (Å²) in [6.07, 6.45) is 0. The van der Waals surface area contributed by atoms with Crippen molar-refractivity contribution in [3.05, 3.63) is 52.5 Å². The summed E-state index contributed by atoms with van der Waals surface area (Å²) in [7, 11) is 0. The number of rotatable bonds is 0. The van der Waals surface area contributed by atoms with E-state index in [9.17, 15) is 4.79 Å². The molecule has 0 saturated carbocycles. The minimum atomic E-state index is -0.0723. The predicted octanol–water partition coefficient (Wildman–Crippen LogP) is 3.69. The van der Waals surface area contributed by atoms with Crippen LogP contribution >= 0.6 is 11.6 Å². The molecule has 2 aromatic carbocycles. The molecule has 0 saturated heterocycles. The van der Waals surface area contributed by atoms with Gasteiger partial charge in [0.25, 0.3) is 0 Å². The summed E-state index contributed by atoms with van der Waals surface area (Å²) in [5, 5.41) is 5.28. The molecule has 86 valence electrons. The normalized spacial score (nSPS) is 12.8. The molecule has 4 heteroatoms. The maximum atomic E-state index is 12.5. The molecule has 0 unspecified atom stereocenters. The summed E-state index contributed by atoms with van der Waals surface area (Å²) < 4.78 is 5.26. The Hall–Kier alpha value is -2.13. The van der Waals surface area contributed by atoms with Crippen LogP contribution in [0.4, 0.5) is 0 Å². The van der Waals surface area contributed by atoms with E-state index >= 15 is 0 Å². The van der Waals surface area contributed by atoms with Crippen LogP contribution in [0.5, 0.6) is 0 Å². The molecule has 18 heavy (non-hydrogen) atoms. The lowest BCUT2D eigenvalue weighted by molar-refractivity contribution is 0.104. The molecule has 0 amide bonds. The van der Waals surface area contributed by atoms with Gasteiger partial charge in [0.1, 0.15) is 5.69 Å². The fourth-order valence-electron chi connectivity index (χ4n) is 2.45. The fraction of sp³-hybridized carbons (Fsp3) is 0. The summed E-state index contributed by atoms with van der Waals surface area (Å²) in [4.78, 5) is 12.5. The molecule has 1 heterocycles. The minimum Gasteiger partial charge on any atom is -0.356 e. The number of ketones is 1. The Morgan fingerprint density at radius 3 is 2.72 bits per heavy atom. The van der Waals surface area contributed by atoms with E-state index in [-0.39, 0.29) is 5.78 Å². The zero-order valence-corrected chi connectivity index (χ0v) is 9.86. The topological polar surface area (TPSA) is 43.1 Å². The summed E-state index contributed by atoms with van der Waals surface area (Å²) in [5.74, 6) is -0.0723. The molecule has 0 bridgehead atoms. The molecule has 3 nitrogen and oxygen atoms in total. The van der Waals surface area contributed by atoms with Gasteiger partial charge in [-0.25, -0.2) is 0 Å². The summed E-state index contributed by atoms with van der Waals surface area (Å²) >= 11 is 6.13. The van der Waals surface area contributed by atoms with E-state index in [4.69, 9.17) is 16.1 Å². The molecule has 0 N–H and O–H groups in total. The Morgan fingerprint density at radius 1 is 1.06 bits per heavy atom. The monoisotopic (exact) mass is 255 g/mol. The second kappa shape index (κ2) is 3.21. The Bertz CT molecular complexity index is 820. The molecule has 0 atom stereocenters. The van der Waals surface area contributed by atoms with Crippen molar-refractivity contribution in [3.8, 4) is 11.3 Å². The molecule has 3 aromatic rings. The van der Waals surface area contributed by atoms with Gasteiger partial charge in [-0.15, -0.1) is 0 Å². The van der Waals surface area contributed by atoms with E-state index in [0.29, 0.717) is 27.4 Å². The van der Waals surface area contributed by atoms with Crippen LogP contribution in [0.25, 0.3) is 22.2 Å². The van der Waals surface area contributed by atoms with Crippen LogP contribution in [0.2, 0.25) is 5.02 Å². The summed E-state index contributed by atoms with van der Waals surface area (Å²) in [6.45, 7) is 0. The van der Waals surface area contributed by atoms with Crippen molar-refractivity contribution in [2.75, 3.05) is 0 Å². The molecule has 1 aliphatic rings. The summed E-state index contributed by atoms with van der Waals surface area (Å²) in [5.41, 5.74) is 3.17. The third kappa shape index (κ3) is 1.05. The van der Waals surface area contributed by atoms with E-state index in [2.05, 4.69) is 5.16 Å². The number of hydrogen-bond acceptors (Lipinski definition) is 3. The van der Waals surface area contributed by atoms with E-state index in [0.717, 1.165) is 10.9 Å². The molecule has 0 fully saturated rings. The van der Waals surface area contributed by atoms with E-state index < -0.39 is 0 Å². The van der Waals surface area contributed by atoms with Crippen molar-refractivity contribution >= 4 is 28.4 Å². The average molecular weight is 256 g/mol. The Labute approximate surface area is 107 Å². The minimum absolute atomic E-state index is 0.0723. The van der Waals surface area contributed by atoms with Gasteiger partial charge in [-0.05, 0) is 12.1 Å². The molecule has 1 aromatic heterocycles. The number of fused-ring (bicyclic) bond motifs is 2. The Balaban J connectivity index is 2.27. The van der Waals surface area contributed by atoms with Crippen LogP contribution in [0, 0.1) is 0 Å². The molecule has 0 aliphatic heterocycles. The van der Waals surface area contributed by atoms with Crippen molar-refractivity contribution < 1.29 is 9.32 Å². The van der Waals surface area contributed by atoms with Crippen LogP contribution in [0.3, 0.4) is 0 Å². The second-order valence-corrected chi connectivity index (χ2v) is 4.61. The molecule has 0 radical (unpaired) electrons. The smallest absolute Gasteiger partial charge is 0.196 e. The fourth-order valence-corrected chi connectivity index (χ4v) is 2.71. The van der Waals surface area contributed by atoms with Gasteiger partial charge in [-0.1, -0.05) is 41.0 Å². The van der Waals surface area contributed by atoms with Gasteiger partial charge in [0.15, 0.2) is 11.4 Å². The first-order valence-electron chi connectivity index (χ1n) is 5.49. The van der Waals surface area contributed by atoms with Crippen molar-refractivity contribution in [1.82, 2.24) is 5.16 Å². The van der Waals surface area contributed by atoms with Crippen molar-refractivity contribution in [1.29, 1.82) is 0 Å². The average Bonchev–Trinajstić information content (AvgIpc) is 2.80. The largest absolute Gasteiger partial charge is 0.356 e. The van der Waals surface area contributed by atoms with Gasteiger partial charge in [0.05, 0.1) is 16.0 Å². The number of nitrogens with zero attached hydrogens (tertiary/aromatic N) is 1. The van der Waals surface area contributed by atoms with E-state index in [1.54, 1.807) is 24.3 Å². The van der Waals surface area contributed by atoms with Gasteiger partial charge in [0.2, 0.25) is 0 Å². The third-order valence-electron chi connectivity index (χ3n) is 3.24. The molecular formula is C14H6ClNO2. The lowest BCUT2D eigenvalue weighted by atomic mass is 9.87. The number of hydrogen-bond donors (Lipinski definition) is 0. The molecular weight excluding hydrogens is 250 g/mol. The SMILES string of the molecule is O=C1c2c(Cl)cccc2-c2noc3cccc1c23. The maximum Gasteiger partial charge on any atom is 0.196 e.